The van der Waals surface area contributed by atoms with Crippen molar-refractivity contribution in [3.05, 3.63) is 23.8 Å². The molecule has 0 saturated heterocycles. The molecular formula is C30H47NO11. The highest BCUT2D eigenvalue weighted by Crippen LogP contribution is 2.30. The van der Waals surface area contributed by atoms with Gasteiger partial charge in [-0.15, -0.1) is 0 Å². The molecule has 12 nitrogen and oxygen atoms in total. The molecule has 0 fully saturated rings. The van der Waals surface area contributed by atoms with E-state index in [0.29, 0.717) is 18.4 Å². The van der Waals surface area contributed by atoms with Gasteiger partial charge in [0.15, 0.2) is 11.5 Å². The highest BCUT2D eigenvalue weighted by atomic mass is 16.8. The van der Waals surface area contributed by atoms with Crippen molar-refractivity contribution in [2.45, 2.75) is 111 Å². The molecule has 0 spiro atoms. The molecule has 3 unspecified atom stereocenters. The summed E-state index contributed by atoms with van der Waals surface area (Å²) < 4.78 is 36.4. The molecule has 0 amide bonds. The molecule has 0 bridgehead atoms. The zero-order valence-corrected chi connectivity index (χ0v) is 25.8. The molecule has 0 aliphatic carbocycles. The fraction of sp³-hybridized carbons (Fsp3) is 0.667. The maximum absolute atomic E-state index is 12.5. The van der Waals surface area contributed by atoms with Crippen molar-refractivity contribution in [1.29, 1.82) is 0 Å². The van der Waals surface area contributed by atoms with E-state index in [1.165, 1.54) is 12.1 Å². The SMILES string of the molecule is CCCC(C)OC(=O)Oc1ccc(C[C@H](N)C(=O)OC[C@H](C)OC(=O)OCC(C)CC)cc1OC(=O)OC(C)CCC. The van der Waals surface area contributed by atoms with Gasteiger partial charge in [0.1, 0.15) is 31.0 Å². The van der Waals surface area contributed by atoms with Gasteiger partial charge in [0, 0.05) is 0 Å². The van der Waals surface area contributed by atoms with Crippen LogP contribution in [0.1, 0.15) is 86.1 Å². The average molecular weight is 598 g/mol. The largest absolute Gasteiger partial charge is 0.514 e. The summed E-state index contributed by atoms with van der Waals surface area (Å²) in [6.07, 6.45) is -0.499. The highest BCUT2D eigenvalue weighted by Gasteiger charge is 2.22. The van der Waals surface area contributed by atoms with E-state index in [0.717, 1.165) is 19.3 Å². The molecule has 0 heterocycles. The Morgan fingerprint density at radius 2 is 1.26 bits per heavy atom. The summed E-state index contributed by atoms with van der Waals surface area (Å²) in [5, 5.41) is 0. The van der Waals surface area contributed by atoms with E-state index < -0.39 is 36.6 Å². The number of hydrogen-bond donors (Lipinski definition) is 1. The van der Waals surface area contributed by atoms with Gasteiger partial charge in [0.25, 0.3) is 0 Å². The maximum Gasteiger partial charge on any atom is 0.514 e. The van der Waals surface area contributed by atoms with Crippen LogP contribution in [-0.4, -0.2) is 62.0 Å². The minimum absolute atomic E-state index is 0.000918. The molecular weight excluding hydrogens is 550 g/mol. The number of hydrogen-bond acceptors (Lipinski definition) is 12. The lowest BCUT2D eigenvalue weighted by molar-refractivity contribution is -0.148. The van der Waals surface area contributed by atoms with Crippen LogP contribution in [0, 0.1) is 5.92 Å². The molecule has 5 atom stereocenters. The van der Waals surface area contributed by atoms with Gasteiger partial charge < -0.3 is 38.9 Å². The fourth-order valence-corrected chi connectivity index (χ4v) is 3.53. The van der Waals surface area contributed by atoms with E-state index in [1.54, 1.807) is 26.8 Å². The molecule has 1 rings (SSSR count). The van der Waals surface area contributed by atoms with Gasteiger partial charge in [-0.3, -0.25) is 4.79 Å². The quantitative estimate of drug-likeness (QED) is 0.125. The van der Waals surface area contributed by atoms with Crippen LogP contribution < -0.4 is 15.2 Å². The minimum atomic E-state index is -1.09. The summed E-state index contributed by atoms with van der Waals surface area (Å²) in [5.41, 5.74) is 6.53. The third kappa shape index (κ3) is 14.9. The van der Waals surface area contributed by atoms with Crippen LogP contribution >= 0.6 is 0 Å². The predicted octanol–water partition coefficient (Wildman–Crippen LogP) is 6.10. The monoisotopic (exact) mass is 597 g/mol. The first kappa shape index (κ1) is 36.5. The number of carbonyl (C=O) groups excluding carboxylic acids is 4. The fourth-order valence-electron chi connectivity index (χ4n) is 3.53. The predicted molar refractivity (Wildman–Crippen MR) is 153 cm³/mol. The van der Waals surface area contributed by atoms with Gasteiger partial charge in [0.2, 0.25) is 0 Å². The number of nitrogens with two attached hydrogens (primary N) is 1. The zero-order valence-electron chi connectivity index (χ0n) is 25.8. The lowest BCUT2D eigenvalue weighted by Crippen LogP contribution is -2.36. The number of benzene rings is 1. The van der Waals surface area contributed by atoms with E-state index in [4.69, 9.17) is 38.9 Å². The first-order valence-electron chi connectivity index (χ1n) is 14.5. The standard InChI is InChI=1S/C30H47NO11/c1-8-11-20(5)38-29(34)41-25-14-13-23(16-26(25)42-30(35)39-21(6)12-9-2)15-24(31)27(32)36-18-22(7)40-28(33)37-17-19(4)10-3/h13-14,16,19-22,24H,8-12,15,17-18,31H2,1-7H3/t19?,20?,21?,22-,24-/m0/s1. The Hall–Kier alpha value is -3.54. The van der Waals surface area contributed by atoms with Crippen LogP contribution in [0.25, 0.3) is 0 Å². The van der Waals surface area contributed by atoms with Crippen LogP contribution in [0.4, 0.5) is 14.4 Å². The van der Waals surface area contributed by atoms with Gasteiger partial charge in [-0.1, -0.05) is 53.0 Å². The third-order valence-electron chi connectivity index (χ3n) is 6.08. The molecule has 0 aromatic heterocycles. The Kier molecular flexibility index (Phi) is 17.0. The second-order valence-electron chi connectivity index (χ2n) is 10.4. The maximum atomic E-state index is 12.5. The highest BCUT2D eigenvalue weighted by molar-refractivity contribution is 5.76. The smallest absolute Gasteiger partial charge is 0.461 e. The number of esters is 1. The zero-order chi connectivity index (χ0) is 31.7. The van der Waals surface area contributed by atoms with Crippen LogP contribution in [0.15, 0.2) is 18.2 Å². The van der Waals surface area contributed by atoms with Crippen molar-refractivity contribution in [1.82, 2.24) is 0 Å². The average Bonchev–Trinajstić information content (AvgIpc) is 2.91. The van der Waals surface area contributed by atoms with Crippen molar-refractivity contribution in [3.8, 4) is 11.5 Å². The van der Waals surface area contributed by atoms with Crippen LogP contribution in [0.5, 0.6) is 11.5 Å². The summed E-state index contributed by atoms with van der Waals surface area (Å²) in [5.74, 6) is -0.717. The Balaban J connectivity index is 2.85. The van der Waals surface area contributed by atoms with E-state index in [9.17, 15) is 19.2 Å². The van der Waals surface area contributed by atoms with E-state index in [1.807, 2.05) is 27.7 Å². The normalized spacial score (nSPS) is 14.4. The summed E-state index contributed by atoms with van der Waals surface area (Å²) in [4.78, 5) is 49.0. The van der Waals surface area contributed by atoms with Crippen LogP contribution in [-0.2, 0) is 34.9 Å². The molecule has 0 saturated carbocycles. The molecule has 1 aromatic carbocycles. The molecule has 0 radical (unpaired) electrons. The van der Waals surface area contributed by atoms with Crippen molar-refractivity contribution in [2.24, 2.45) is 11.7 Å². The molecule has 42 heavy (non-hydrogen) atoms. The Bertz CT molecular complexity index is 999. The van der Waals surface area contributed by atoms with Crippen molar-refractivity contribution in [2.75, 3.05) is 13.2 Å². The van der Waals surface area contributed by atoms with E-state index in [2.05, 4.69) is 0 Å². The Morgan fingerprint density at radius 1 is 0.714 bits per heavy atom. The second kappa shape index (κ2) is 19.6. The lowest BCUT2D eigenvalue weighted by Gasteiger charge is -2.18. The first-order chi connectivity index (χ1) is 19.9. The van der Waals surface area contributed by atoms with Gasteiger partial charge >= 0.3 is 24.4 Å². The van der Waals surface area contributed by atoms with Gasteiger partial charge in [0.05, 0.1) is 6.61 Å². The van der Waals surface area contributed by atoms with Crippen molar-refractivity contribution in [3.63, 3.8) is 0 Å². The molecule has 0 aliphatic heterocycles. The van der Waals surface area contributed by atoms with Crippen molar-refractivity contribution < 1.29 is 52.3 Å². The number of carbonyl (C=O) groups is 4. The molecule has 1 aromatic rings. The van der Waals surface area contributed by atoms with E-state index in [-0.39, 0.29) is 49.3 Å². The second-order valence-corrected chi connectivity index (χ2v) is 10.4. The molecule has 2 N–H and O–H groups in total. The summed E-state index contributed by atoms with van der Waals surface area (Å²) in [7, 11) is 0. The number of ether oxygens (including phenoxy) is 7. The van der Waals surface area contributed by atoms with Crippen LogP contribution in [0.3, 0.4) is 0 Å². The van der Waals surface area contributed by atoms with Gasteiger partial charge in [-0.05, 0) is 63.6 Å². The van der Waals surface area contributed by atoms with Crippen LogP contribution in [0.2, 0.25) is 0 Å². The Labute approximate surface area is 248 Å². The first-order valence-corrected chi connectivity index (χ1v) is 14.5. The molecule has 238 valence electrons. The lowest BCUT2D eigenvalue weighted by atomic mass is 10.1. The van der Waals surface area contributed by atoms with Crippen molar-refractivity contribution >= 4 is 24.4 Å². The van der Waals surface area contributed by atoms with E-state index >= 15 is 0 Å². The summed E-state index contributed by atoms with van der Waals surface area (Å²) >= 11 is 0. The summed E-state index contributed by atoms with van der Waals surface area (Å²) in [6, 6.07) is 3.28. The topological polar surface area (TPSA) is 159 Å². The molecule has 0 aliphatic rings. The molecule has 12 heteroatoms. The van der Waals surface area contributed by atoms with Gasteiger partial charge in [-0.25, -0.2) is 14.4 Å². The number of rotatable bonds is 17. The third-order valence-corrected chi connectivity index (χ3v) is 6.08. The van der Waals surface area contributed by atoms with Gasteiger partial charge in [-0.2, -0.15) is 0 Å². The minimum Gasteiger partial charge on any atom is -0.461 e. The Morgan fingerprint density at radius 3 is 1.81 bits per heavy atom. The summed E-state index contributed by atoms with van der Waals surface area (Å²) in [6.45, 7) is 12.9.